The number of amides is 1. The smallest absolute Gasteiger partial charge is 0.408 e. The van der Waals surface area contributed by atoms with Crippen molar-refractivity contribution >= 4 is 11.7 Å². The summed E-state index contributed by atoms with van der Waals surface area (Å²) >= 11 is 0. The number of rotatable bonds is 5. The Bertz CT molecular complexity index is 1670. The molecule has 0 unspecified atom stereocenters. The molecule has 2 aromatic heterocycles. The molecule has 2 heterocycles. The van der Waals surface area contributed by atoms with Gasteiger partial charge < -0.3 is 10.1 Å². The molecule has 40 heavy (non-hydrogen) atoms. The maximum atomic E-state index is 13.7. The van der Waals surface area contributed by atoms with Crippen molar-refractivity contribution in [2.75, 3.05) is 0 Å². The predicted octanol–water partition coefficient (Wildman–Crippen LogP) is 7.77. The highest BCUT2D eigenvalue weighted by Gasteiger charge is 2.41. The second kappa shape index (κ2) is 9.90. The largest absolute Gasteiger partial charge is 0.444 e. The van der Waals surface area contributed by atoms with Gasteiger partial charge in [-0.1, -0.05) is 66.7 Å². The third-order valence-corrected chi connectivity index (χ3v) is 7.38. The van der Waals surface area contributed by atoms with Crippen molar-refractivity contribution in [2.24, 2.45) is 0 Å². The average molecular weight is 535 g/mol. The van der Waals surface area contributed by atoms with Crippen LogP contribution in [-0.4, -0.2) is 26.3 Å². The van der Waals surface area contributed by atoms with E-state index in [0.717, 1.165) is 58.5 Å². The van der Waals surface area contributed by atoms with Crippen LogP contribution in [-0.2, 0) is 10.3 Å². The van der Waals surface area contributed by atoms with E-state index in [1.54, 1.807) is 18.3 Å². The van der Waals surface area contributed by atoms with Crippen LogP contribution in [0.25, 0.3) is 39.3 Å². The number of ether oxygens (including phenoxy) is 1. The Morgan fingerprint density at radius 3 is 2.20 bits per heavy atom. The normalized spacial score (nSPS) is 14.5. The van der Waals surface area contributed by atoms with Crippen molar-refractivity contribution in [3.63, 3.8) is 0 Å². The summed E-state index contributed by atoms with van der Waals surface area (Å²) in [5, 5.41) is 7.80. The van der Waals surface area contributed by atoms with E-state index in [-0.39, 0.29) is 5.82 Å². The van der Waals surface area contributed by atoms with Crippen LogP contribution in [0.1, 0.15) is 45.6 Å². The van der Waals surface area contributed by atoms with Crippen molar-refractivity contribution < 1.29 is 13.9 Å². The van der Waals surface area contributed by atoms with Crippen molar-refractivity contribution in [3.05, 3.63) is 103 Å². The van der Waals surface area contributed by atoms with Gasteiger partial charge >= 0.3 is 6.09 Å². The Morgan fingerprint density at radius 2 is 1.57 bits per heavy atom. The van der Waals surface area contributed by atoms with Gasteiger partial charge in [-0.15, -0.1) is 0 Å². The molecule has 0 spiro atoms. The first-order valence-electron chi connectivity index (χ1n) is 13.5. The maximum absolute atomic E-state index is 13.7. The average Bonchev–Trinajstić information content (AvgIpc) is 3.31. The van der Waals surface area contributed by atoms with Crippen molar-refractivity contribution in [3.8, 4) is 33.6 Å². The Morgan fingerprint density at radius 1 is 0.900 bits per heavy atom. The second-order valence-electron chi connectivity index (χ2n) is 11.3. The Kier molecular flexibility index (Phi) is 6.37. The number of nitrogens with one attached hydrogen (secondary N) is 1. The summed E-state index contributed by atoms with van der Waals surface area (Å²) in [6.07, 6.45) is 4.11. The van der Waals surface area contributed by atoms with E-state index in [0.29, 0.717) is 5.65 Å². The van der Waals surface area contributed by atoms with Gasteiger partial charge in [0.25, 0.3) is 0 Å². The third kappa shape index (κ3) is 4.83. The number of hydrogen-bond donors (Lipinski definition) is 1. The molecule has 1 aliphatic rings. The van der Waals surface area contributed by atoms with Crippen LogP contribution in [0, 0.1) is 5.82 Å². The van der Waals surface area contributed by atoms with E-state index in [4.69, 9.17) is 9.72 Å². The quantitative estimate of drug-likeness (QED) is 0.250. The fourth-order valence-corrected chi connectivity index (χ4v) is 5.32. The topological polar surface area (TPSA) is 68.5 Å². The number of halogens is 1. The fraction of sp³-hybridized carbons (Fsp3) is 0.242. The molecule has 3 aromatic carbocycles. The van der Waals surface area contributed by atoms with Crippen molar-refractivity contribution in [1.29, 1.82) is 0 Å². The SMILES string of the molecule is CC(C)(C)OC(=O)NC1(c2ccc(-c3nc4c(-c5ccc(F)cc5)ccnn4c3-c3ccccc3)cc2)CCC1. The first-order valence-corrected chi connectivity index (χ1v) is 13.5. The molecule has 1 aliphatic carbocycles. The minimum Gasteiger partial charge on any atom is -0.444 e. The summed E-state index contributed by atoms with van der Waals surface area (Å²) in [4.78, 5) is 17.7. The number of fused-ring (bicyclic) bond motifs is 1. The lowest BCUT2D eigenvalue weighted by Gasteiger charge is -2.43. The Hall–Kier alpha value is -4.52. The first kappa shape index (κ1) is 25.7. The molecular weight excluding hydrogens is 503 g/mol. The molecule has 0 saturated heterocycles. The predicted molar refractivity (Wildman–Crippen MR) is 154 cm³/mol. The van der Waals surface area contributed by atoms with Gasteiger partial charge in [-0.3, -0.25) is 0 Å². The standard InChI is InChI=1S/C33H31FN4O2/c1-32(2,3)40-31(39)37-33(19-7-20-33)25-14-10-23(11-15-25)28-29(24-8-5-4-6-9-24)38-30(36-28)27(18-21-35-38)22-12-16-26(34)17-13-22/h4-6,8-18,21H,7,19-20H2,1-3H3,(H,37,39). The summed E-state index contributed by atoms with van der Waals surface area (Å²) in [6, 6.07) is 26.6. The van der Waals surface area contributed by atoms with Gasteiger partial charge in [0.1, 0.15) is 17.1 Å². The van der Waals surface area contributed by atoms with E-state index in [1.807, 2.05) is 61.7 Å². The molecule has 0 aliphatic heterocycles. The van der Waals surface area contributed by atoms with Gasteiger partial charge in [0.2, 0.25) is 0 Å². The Labute approximate surface area is 232 Å². The number of nitrogens with zero attached hydrogens (tertiary/aromatic N) is 3. The van der Waals surface area contributed by atoms with Crippen LogP contribution in [0.4, 0.5) is 9.18 Å². The van der Waals surface area contributed by atoms with E-state index in [1.165, 1.54) is 12.1 Å². The molecule has 6 rings (SSSR count). The molecule has 1 fully saturated rings. The monoisotopic (exact) mass is 534 g/mol. The van der Waals surface area contributed by atoms with Gasteiger partial charge in [-0.2, -0.15) is 5.10 Å². The highest BCUT2D eigenvalue weighted by molar-refractivity contribution is 5.87. The summed E-state index contributed by atoms with van der Waals surface area (Å²) in [7, 11) is 0. The summed E-state index contributed by atoms with van der Waals surface area (Å²) in [5.41, 5.74) is 6.06. The highest BCUT2D eigenvalue weighted by Crippen LogP contribution is 2.43. The molecule has 202 valence electrons. The zero-order chi connectivity index (χ0) is 27.9. The highest BCUT2D eigenvalue weighted by atomic mass is 19.1. The zero-order valence-corrected chi connectivity index (χ0v) is 22.8. The van der Waals surface area contributed by atoms with Crippen LogP contribution < -0.4 is 5.32 Å². The number of hydrogen-bond acceptors (Lipinski definition) is 4. The number of aromatic nitrogens is 3. The van der Waals surface area contributed by atoms with Gasteiger partial charge in [-0.25, -0.2) is 18.7 Å². The van der Waals surface area contributed by atoms with Crippen molar-refractivity contribution in [2.45, 2.75) is 51.2 Å². The molecule has 5 aromatic rings. The third-order valence-electron chi connectivity index (χ3n) is 7.38. The molecule has 1 saturated carbocycles. The van der Waals surface area contributed by atoms with Crippen LogP contribution in [0.2, 0.25) is 0 Å². The second-order valence-corrected chi connectivity index (χ2v) is 11.3. The molecule has 1 amide bonds. The van der Waals surface area contributed by atoms with Crippen LogP contribution in [0.5, 0.6) is 0 Å². The minimum atomic E-state index is -0.559. The fourth-order valence-electron chi connectivity index (χ4n) is 5.32. The van der Waals surface area contributed by atoms with E-state index >= 15 is 0 Å². The zero-order valence-electron chi connectivity index (χ0n) is 22.8. The summed E-state index contributed by atoms with van der Waals surface area (Å²) < 4.78 is 21.1. The van der Waals surface area contributed by atoms with Gasteiger partial charge in [0, 0.05) is 22.9 Å². The number of carbonyl (C=O) groups is 1. The molecule has 0 bridgehead atoms. The number of imidazole rings is 1. The Balaban J connectivity index is 1.43. The van der Waals surface area contributed by atoms with Crippen molar-refractivity contribution in [1.82, 2.24) is 19.9 Å². The lowest BCUT2D eigenvalue weighted by Crippen LogP contribution is -2.52. The maximum Gasteiger partial charge on any atom is 0.408 e. The number of alkyl carbamates (subject to hydrolysis) is 1. The van der Waals surface area contributed by atoms with Crippen LogP contribution in [0.15, 0.2) is 91.1 Å². The van der Waals surface area contributed by atoms with E-state index < -0.39 is 17.2 Å². The molecule has 6 nitrogen and oxygen atoms in total. The molecule has 7 heteroatoms. The molecular formula is C33H31FN4O2. The van der Waals surface area contributed by atoms with Gasteiger partial charge in [-0.05, 0) is 69.4 Å². The lowest BCUT2D eigenvalue weighted by atomic mass is 9.71. The number of carbonyl (C=O) groups excluding carboxylic acids is 1. The minimum absolute atomic E-state index is 0.284. The molecule has 0 radical (unpaired) electrons. The summed E-state index contributed by atoms with van der Waals surface area (Å²) in [5.74, 6) is -0.284. The van der Waals surface area contributed by atoms with Crippen LogP contribution in [0.3, 0.4) is 0 Å². The first-order chi connectivity index (χ1) is 19.2. The summed E-state index contributed by atoms with van der Waals surface area (Å²) in [6.45, 7) is 5.60. The van der Waals surface area contributed by atoms with Gasteiger partial charge in [0.05, 0.1) is 11.2 Å². The van der Waals surface area contributed by atoms with Gasteiger partial charge in [0.15, 0.2) is 5.65 Å². The number of benzene rings is 3. The molecule has 0 atom stereocenters. The molecule has 1 N–H and O–H groups in total. The van der Waals surface area contributed by atoms with E-state index in [9.17, 15) is 9.18 Å². The lowest BCUT2D eigenvalue weighted by molar-refractivity contribution is 0.0377. The van der Waals surface area contributed by atoms with Crippen LogP contribution >= 0.6 is 0 Å². The van der Waals surface area contributed by atoms with E-state index in [2.05, 4.69) is 34.7 Å².